The lowest BCUT2D eigenvalue weighted by Gasteiger charge is -2.19. The number of halogens is 3. The molecule has 21 heavy (non-hydrogen) atoms. The Balaban J connectivity index is 2.16. The Kier molecular flexibility index (Phi) is 4.85. The van der Waals surface area contributed by atoms with Crippen LogP contribution in [0, 0.1) is 17.5 Å². The molecule has 1 aliphatic rings. The summed E-state index contributed by atoms with van der Waals surface area (Å²) in [6.07, 6.45) is 2.51. The van der Waals surface area contributed by atoms with Crippen molar-refractivity contribution in [1.29, 1.82) is 0 Å². The lowest BCUT2D eigenvalue weighted by Crippen LogP contribution is -2.32. The van der Waals surface area contributed by atoms with Crippen LogP contribution in [0.25, 0.3) is 0 Å². The number of rotatable bonds is 4. The van der Waals surface area contributed by atoms with Gasteiger partial charge >= 0.3 is 0 Å². The molecule has 0 spiro atoms. The van der Waals surface area contributed by atoms with Crippen molar-refractivity contribution in [2.45, 2.75) is 18.9 Å². The van der Waals surface area contributed by atoms with E-state index in [0.717, 1.165) is 12.1 Å². The Bertz CT molecular complexity index is 552. The third kappa shape index (κ3) is 3.55. The predicted molar refractivity (Wildman–Crippen MR) is 67.6 cm³/mol. The molecule has 1 unspecified atom stereocenters. The normalized spacial score (nSPS) is 15.9. The first kappa shape index (κ1) is 15.4. The fourth-order valence-corrected chi connectivity index (χ4v) is 1.99. The Morgan fingerprint density at radius 3 is 2.52 bits per heavy atom. The van der Waals surface area contributed by atoms with E-state index >= 15 is 0 Å². The summed E-state index contributed by atoms with van der Waals surface area (Å²) in [5, 5.41) is 11.7. The fraction of sp³-hybridized carbons (Fsp3) is 0.357. The van der Waals surface area contributed by atoms with Crippen molar-refractivity contribution in [2.24, 2.45) is 0 Å². The first-order chi connectivity index (χ1) is 10.0. The number of ether oxygens (including phenoxy) is 1. The van der Waals surface area contributed by atoms with E-state index in [2.05, 4.69) is 5.32 Å². The van der Waals surface area contributed by atoms with Gasteiger partial charge in [-0.25, -0.2) is 13.2 Å². The van der Waals surface area contributed by atoms with E-state index in [4.69, 9.17) is 4.74 Å². The van der Waals surface area contributed by atoms with Crippen molar-refractivity contribution >= 4 is 5.91 Å². The number of aliphatic hydroxyl groups is 1. The summed E-state index contributed by atoms with van der Waals surface area (Å²) in [7, 11) is 0. The van der Waals surface area contributed by atoms with E-state index in [9.17, 15) is 23.1 Å². The van der Waals surface area contributed by atoms with Gasteiger partial charge in [-0.3, -0.25) is 4.79 Å². The Hall–Kier alpha value is -2.02. The summed E-state index contributed by atoms with van der Waals surface area (Å²) in [4.78, 5) is 11.9. The Labute approximate surface area is 119 Å². The van der Waals surface area contributed by atoms with Crippen LogP contribution in [0.3, 0.4) is 0 Å². The van der Waals surface area contributed by atoms with E-state index in [1.807, 2.05) is 0 Å². The lowest BCUT2D eigenvalue weighted by molar-refractivity contribution is -0.119. The number of nitrogens with one attached hydrogen (secondary N) is 1. The van der Waals surface area contributed by atoms with Gasteiger partial charge in [-0.05, 0) is 30.5 Å². The number of benzene rings is 1. The minimum atomic E-state index is -1.59. The molecule has 1 aromatic carbocycles. The van der Waals surface area contributed by atoms with Crippen molar-refractivity contribution in [3.63, 3.8) is 0 Å². The fourth-order valence-electron chi connectivity index (χ4n) is 1.99. The number of carbonyl (C=O) groups is 1. The molecule has 0 saturated heterocycles. The van der Waals surface area contributed by atoms with E-state index < -0.39 is 36.0 Å². The molecule has 0 aromatic heterocycles. The van der Waals surface area contributed by atoms with Gasteiger partial charge in [0.1, 0.15) is 0 Å². The molecular weight excluding hydrogens is 287 g/mol. The van der Waals surface area contributed by atoms with E-state index in [-0.39, 0.29) is 5.56 Å². The molecule has 1 aliphatic heterocycles. The van der Waals surface area contributed by atoms with Crippen LogP contribution in [-0.2, 0) is 9.53 Å². The van der Waals surface area contributed by atoms with Crippen LogP contribution in [0.5, 0.6) is 0 Å². The molecule has 1 amide bonds. The molecular formula is C14H14F3NO3. The minimum Gasteiger partial charge on any atom is -0.501 e. The van der Waals surface area contributed by atoms with Gasteiger partial charge < -0.3 is 15.2 Å². The summed E-state index contributed by atoms with van der Waals surface area (Å²) in [5.41, 5.74) is 0.322. The van der Waals surface area contributed by atoms with Crippen LogP contribution >= 0.6 is 0 Å². The summed E-state index contributed by atoms with van der Waals surface area (Å²) >= 11 is 0. The van der Waals surface area contributed by atoms with Gasteiger partial charge in [-0.2, -0.15) is 0 Å². The van der Waals surface area contributed by atoms with Crippen molar-refractivity contribution < 1.29 is 27.8 Å². The molecule has 0 radical (unpaired) electrons. The number of hydrogen-bond acceptors (Lipinski definition) is 3. The van der Waals surface area contributed by atoms with Crippen molar-refractivity contribution in [2.75, 3.05) is 13.2 Å². The van der Waals surface area contributed by atoms with Crippen molar-refractivity contribution in [3.05, 3.63) is 47.0 Å². The molecule has 7 heteroatoms. The molecule has 0 bridgehead atoms. The zero-order valence-electron chi connectivity index (χ0n) is 11.0. The molecule has 1 aromatic rings. The van der Waals surface area contributed by atoms with Crippen LogP contribution in [-0.4, -0.2) is 24.2 Å². The average Bonchev–Trinajstić information content (AvgIpc) is 2.50. The minimum absolute atomic E-state index is 0.0559. The summed E-state index contributed by atoms with van der Waals surface area (Å²) in [6.45, 7) is -0.0566. The maximum atomic E-state index is 13.2. The molecule has 2 N–H and O–H groups in total. The molecule has 0 fully saturated rings. The van der Waals surface area contributed by atoms with Gasteiger partial charge in [0.15, 0.2) is 17.5 Å². The lowest BCUT2D eigenvalue weighted by atomic mass is 10.0. The van der Waals surface area contributed by atoms with Crippen LogP contribution in [0.1, 0.15) is 24.4 Å². The Morgan fingerprint density at radius 2 is 2.00 bits per heavy atom. The van der Waals surface area contributed by atoms with Gasteiger partial charge in [-0.1, -0.05) is 0 Å². The van der Waals surface area contributed by atoms with Crippen LogP contribution in [0.4, 0.5) is 13.2 Å². The highest BCUT2D eigenvalue weighted by Crippen LogP contribution is 2.20. The largest absolute Gasteiger partial charge is 0.501 e. The van der Waals surface area contributed by atoms with Crippen LogP contribution in [0.2, 0.25) is 0 Å². The quantitative estimate of drug-likeness (QED) is 0.836. The van der Waals surface area contributed by atoms with Crippen molar-refractivity contribution in [3.8, 4) is 0 Å². The molecule has 0 aliphatic carbocycles. The summed E-state index contributed by atoms with van der Waals surface area (Å²) < 4.78 is 44.3. The molecule has 0 saturated carbocycles. The SMILES string of the molecule is O=C(NC(CO)c1cc(F)c(F)c(F)c1)C1=COCCC1. The third-order valence-corrected chi connectivity index (χ3v) is 3.12. The third-order valence-electron chi connectivity index (χ3n) is 3.12. The van der Waals surface area contributed by atoms with Crippen LogP contribution in [0.15, 0.2) is 24.0 Å². The maximum absolute atomic E-state index is 13.2. The van der Waals surface area contributed by atoms with E-state index in [0.29, 0.717) is 25.0 Å². The van der Waals surface area contributed by atoms with Crippen LogP contribution < -0.4 is 5.32 Å². The predicted octanol–water partition coefficient (Wildman–Crippen LogP) is 1.95. The topological polar surface area (TPSA) is 58.6 Å². The molecule has 1 heterocycles. The maximum Gasteiger partial charge on any atom is 0.250 e. The van der Waals surface area contributed by atoms with E-state index in [1.165, 1.54) is 6.26 Å². The summed E-state index contributed by atoms with van der Waals surface area (Å²) in [5.74, 6) is -4.85. The zero-order valence-corrected chi connectivity index (χ0v) is 11.0. The second kappa shape index (κ2) is 6.62. The van der Waals surface area contributed by atoms with Crippen molar-refractivity contribution in [1.82, 2.24) is 5.32 Å². The van der Waals surface area contributed by atoms with E-state index in [1.54, 1.807) is 0 Å². The number of aliphatic hydroxyl groups excluding tert-OH is 1. The standard InChI is InChI=1S/C14H14F3NO3/c15-10-4-9(5-11(16)13(10)17)12(6-19)18-14(20)8-2-1-3-21-7-8/h4-5,7,12,19H,1-3,6H2,(H,18,20). The smallest absolute Gasteiger partial charge is 0.250 e. The monoisotopic (exact) mass is 301 g/mol. The molecule has 1 atom stereocenters. The van der Waals surface area contributed by atoms with Gasteiger partial charge in [0.25, 0.3) is 5.91 Å². The first-order valence-corrected chi connectivity index (χ1v) is 6.39. The number of amides is 1. The van der Waals surface area contributed by atoms with Gasteiger partial charge in [0.05, 0.1) is 31.1 Å². The highest BCUT2D eigenvalue weighted by Gasteiger charge is 2.21. The number of carbonyl (C=O) groups excluding carboxylic acids is 1. The molecule has 4 nitrogen and oxygen atoms in total. The second-order valence-electron chi connectivity index (χ2n) is 4.62. The van der Waals surface area contributed by atoms with Gasteiger partial charge in [0, 0.05) is 0 Å². The van der Waals surface area contributed by atoms with Gasteiger partial charge in [-0.15, -0.1) is 0 Å². The second-order valence-corrected chi connectivity index (χ2v) is 4.62. The zero-order chi connectivity index (χ0) is 15.4. The molecule has 114 valence electrons. The highest BCUT2D eigenvalue weighted by molar-refractivity contribution is 5.93. The molecule has 2 rings (SSSR count). The number of hydrogen-bond donors (Lipinski definition) is 2. The first-order valence-electron chi connectivity index (χ1n) is 6.39. The highest BCUT2D eigenvalue weighted by atomic mass is 19.2. The Morgan fingerprint density at radius 1 is 1.33 bits per heavy atom. The van der Waals surface area contributed by atoms with Gasteiger partial charge in [0.2, 0.25) is 0 Å². The summed E-state index contributed by atoms with van der Waals surface area (Å²) in [6, 6.07) is 0.446. The average molecular weight is 301 g/mol.